The van der Waals surface area contributed by atoms with E-state index in [1.54, 1.807) is 17.1 Å². The predicted octanol–water partition coefficient (Wildman–Crippen LogP) is 3.12. The number of rotatable bonds is 5. The molecule has 1 amide bonds. The lowest BCUT2D eigenvalue weighted by Gasteiger charge is -2.36. The highest BCUT2D eigenvalue weighted by atomic mass is 16.6. The molecule has 0 unspecified atom stereocenters. The Hall–Kier alpha value is -1.33. The van der Waals surface area contributed by atoms with Gasteiger partial charge in [-0.15, -0.1) is 13.2 Å². The van der Waals surface area contributed by atoms with Crippen LogP contribution in [0, 0.1) is 0 Å². The molecule has 1 aliphatic heterocycles. The van der Waals surface area contributed by atoms with E-state index in [2.05, 4.69) is 13.2 Å². The second-order valence-corrected chi connectivity index (χ2v) is 6.50. The normalized spacial score (nSPS) is 22.7. The highest BCUT2D eigenvalue weighted by Crippen LogP contribution is 2.32. The first-order chi connectivity index (χ1) is 9.62. The molecular formula is C16H27NO4. The lowest BCUT2D eigenvalue weighted by Crippen LogP contribution is -2.53. The molecule has 1 rings (SSSR count). The Morgan fingerprint density at radius 2 is 2.10 bits per heavy atom. The average Bonchev–Trinajstić information content (AvgIpc) is 2.64. The summed E-state index contributed by atoms with van der Waals surface area (Å²) < 4.78 is 16.9. The van der Waals surface area contributed by atoms with Crippen LogP contribution in [0.5, 0.6) is 0 Å². The summed E-state index contributed by atoms with van der Waals surface area (Å²) in [6, 6.07) is -0.271. The fourth-order valence-corrected chi connectivity index (χ4v) is 2.26. The van der Waals surface area contributed by atoms with Gasteiger partial charge in [-0.3, -0.25) is 4.90 Å². The standard InChI is InChI=1S/C16H27NO4/c1-8-10-19-13(9-2)12-11-20-16(6,7)17(12)14(18)21-15(3,4)5/h8-9,12-13H,1-2,10-11H2,3-7H3/t12-,13+/m1/s1. The second kappa shape index (κ2) is 6.62. The SMILES string of the molecule is C=CCO[C@@H](C=C)[C@H]1COC(C)(C)N1C(=O)OC(C)(C)C. The van der Waals surface area contributed by atoms with Crippen LogP contribution < -0.4 is 0 Å². The topological polar surface area (TPSA) is 48.0 Å². The largest absolute Gasteiger partial charge is 0.444 e. The van der Waals surface area contributed by atoms with Crippen LogP contribution in [0.2, 0.25) is 0 Å². The number of nitrogens with zero attached hydrogens (tertiary/aromatic N) is 1. The van der Waals surface area contributed by atoms with Crippen LogP contribution in [0.4, 0.5) is 4.79 Å². The Bertz CT molecular complexity index is 398. The minimum absolute atomic E-state index is 0.271. The van der Waals surface area contributed by atoms with Gasteiger partial charge in [0, 0.05) is 0 Å². The molecule has 21 heavy (non-hydrogen) atoms. The summed E-state index contributed by atoms with van der Waals surface area (Å²) in [4.78, 5) is 14.1. The third-order valence-electron chi connectivity index (χ3n) is 3.13. The maximum absolute atomic E-state index is 12.5. The summed E-state index contributed by atoms with van der Waals surface area (Å²) >= 11 is 0. The fourth-order valence-electron chi connectivity index (χ4n) is 2.26. The van der Waals surface area contributed by atoms with Crippen molar-refractivity contribution in [3.63, 3.8) is 0 Å². The van der Waals surface area contributed by atoms with Gasteiger partial charge in [0.15, 0.2) is 0 Å². The number of hydrogen-bond acceptors (Lipinski definition) is 4. The van der Waals surface area contributed by atoms with Crippen molar-refractivity contribution >= 4 is 6.09 Å². The minimum Gasteiger partial charge on any atom is -0.444 e. The molecule has 0 radical (unpaired) electrons. The van der Waals surface area contributed by atoms with Crippen molar-refractivity contribution < 1.29 is 19.0 Å². The summed E-state index contributed by atoms with van der Waals surface area (Å²) in [7, 11) is 0. The van der Waals surface area contributed by atoms with E-state index in [-0.39, 0.29) is 12.1 Å². The van der Waals surface area contributed by atoms with Crippen LogP contribution in [0.1, 0.15) is 34.6 Å². The number of carbonyl (C=O) groups is 1. The molecule has 1 fully saturated rings. The molecule has 0 N–H and O–H groups in total. The number of carbonyl (C=O) groups excluding carboxylic acids is 1. The first-order valence-electron chi connectivity index (χ1n) is 7.13. The molecule has 0 aromatic carbocycles. The van der Waals surface area contributed by atoms with Crippen LogP contribution >= 0.6 is 0 Å². The fraction of sp³-hybridized carbons (Fsp3) is 0.688. The Kier molecular flexibility index (Phi) is 5.59. The van der Waals surface area contributed by atoms with Gasteiger partial charge in [0.1, 0.15) is 11.3 Å². The van der Waals surface area contributed by atoms with Gasteiger partial charge in [0.25, 0.3) is 0 Å². The molecule has 1 aliphatic rings. The Labute approximate surface area is 127 Å². The van der Waals surface area contributed by atoms with E-state index in [0.717, 1.165) is 0 Å². The monoisotopic (exact) mass is 297 g/mol. The smallest absolute Gasteiger partial charge is 0.413 e. The molecule has 0 saturated carbocycles. The van der Waals surface area contributed by atoms with Crippen LogP contribution in [0.15, 0.2) is 25.3 Å². The summed E-state index contributed by atoms with van der Waals surface area (Å²) in [6.45, 7) is 17.4. The van der Waals surface area contributed by atoms with E-state index < -0.39 is 17.4 Å². The molecule has 1 heterocycles. The van der Waals surface area contributed by atoms with E-state index in [9.17, 15) is 4.79 Å². The second-order valence-electron chi connectivity index (χ2n) is 6.50. The number of hydrogen-bond donors (Lipinski definition) is 0. The average molecular weight is 297 g/mol. The lowest BCUT2D eigenvalue weighted by molar-refractivity contribution is -0.0682. The number of amides is 1. The van der Waals surface area contributed by atoms with E-state index in [4.69, 9.17) is 14.2 Å². The molecule has 0 aliphatic carbocycles. The zero-order chi connectivity index (χ0) is 16.3. The van der Waals surface area contributed by atoms with Crippen molar-refractivity contribution in [2.24, 2.45) is 0 Å². The molecule has 0 aromatic rings. The van der Waals surface area contributed by atoms with Crippen LogP contribution in [-0.2, 0) is 14.2 Å². The van der Waals surface area contributed by atoms with Gasteiger partial charge in [-0.1, -0.05) is 12.2 Å². The number of ether oxygens (including phenoxy) is 3. The summed E-state index contributed by atoms with van der Waals surface area (Å²) in [5, 5.41) is 0. The summed E-state index contributed by atoms with van der Waals surface area (Å²) in [5.74, 6) is 0. The third-order valence-corrected chi connectivity index (χ3v) is 3.13. The van der Waals surface area contributed by atoms with E-state index >= 15 is 0 Å². The maximum Gasteiger partial charge on any atom is 0.413 e. The van der Waals surface area contributed by atoms with Crippen molar-refractivity contribution in [2.75, 3.05) is 13.2 Å². The van der Waals surface area contributed by atoms with Gasteiger partial charge in [-0.2, -0.15) is 0 Å². The van der Waals surface area contributed by atoms with Crippen molar-refractivity contribution in [1.82, 2.24) is 4.90 Å². The summed E-state index contributed by atoms with van der Waals surface area (Å²) in [6.07, 6.45) is 2.59. The van der Waals surface area contributed by atoms with Crippen molar-refractivity contribution in [3.05, 3.63) is 25.3 Å². The molecule has 1 saturated heterocycles. The van der Waals surface area contributed by atoms with Gasteiger partial charge >= 0.3 is 6.09 Å². The lowest BCUT2D eigenvalue weighted by atomic mass is 10.1. The van der Waals surface area contributed by atoms with E-state index in [1.165, 1.54) is 0 Å². The van der Waals surface area contributed by atoms with Crippen LogP contribution in [-0.4, -0.2) is 47.7 Å². The molecule has 0 spiro atoms. The van der Waals surface area contributed by atoms with Crippen LogP contribution in [0.3, 0.4) is 0 Å². The Balaban J connectivity index is 2.94. The van der Waals surface area contributed by atoms with Gasteiger partial charge in [-0.25, -0.2) is 4.79 Å². The van der Waals surface area contributed by atoms with Crippen molar-refractivity contribution in [2.45, 2.75) is 58.1 Å². The predicted molar refractivity (Wildman–Crippen MR) is 82.0 cm³/mol. The highest BCUT2D eigenvalue weighted by Gasteiger charge is 2.48. The molecule has 0 aromatic heterocycles. The first-order valence-corrected chi connectivity index (χ1v) is 7.13. The van der Waals surface area contributed by atoms with E-state index in [0.29, 0.717) is 13.2 Å². The van der Waals surface area contributed by atoms with Gasteiger partial charge < -0.3 is 14.2 Å². The maximum atomic E-state index is 12.5. The molecule has 5 heteroatoms. The first kappa shape index (κ1) is 17.7. The molecule has 2 atom stereocenters. The van der Waals surface area contributed by atoms with E-state index in [1.807, 2.05) is 34.6 Å². The quantitative estimate of drug-likeness (QED) is 0.732. The third kappa shape index (κ3) is 4.58. The zero-order valence-corrected chi connectivity index (χ0v) is 13.7. The van der Waals surface area contributed by atoms with Crippen molar-refractivity contribution in [1.29, 1.82) is 0 Å². The highest BCUT2D eigenvalue weighted by molar-refractivity contribution is 5.70. The Morgan fingerprint density at radius 1 is 1.48 bits per heavy atom. The zero-order valence-electron chi connectivity index (χ0n) is 13.7. The minimum atomic E-state index is -0.744. The molecular weight excluding hydrogens is 270 g/mol. The molecule has 0 bridgehead atoms. The Morgan fingerprint density at radius 3 is 2.57 bits per heavy atom. The van der Waals surface area contributed by atoms with Crippen molar-refractivity contribution in [3.8, 4) is 0 Å². The molecule has 120 valence electrons. The molecule has 5 nitrogen and oxygen atoms in total. The van der Waals surface area contributed by atoms with Gasteiger partial charge in [0.05, 0.1) is 25.4 Å². The van der Waals surface area contributed by atoms with Crippen LogP contribution in [0.25, 0.3) is 0 Å². The van der Waals surface area contributed by atoms with Gasteiger partial charge in [0.2, 0.25) is 0 Å². The van der Waals surface area contributed by atoms with Gasteiger partial charge in [-0.05, 0) is 34.6 Å². The summed E-state index contributed by atoms with van der Waals surface area (Å²) in [5.41, 5.74) is -1.31.